The number of hydrogen-bond acceptors (Lipinski definition) is 5. The third kappa shape index (κ3) is 3.29. The van der Waals surface area contributed by atoms with Crippen LogP contribution in [0.25, 0.3) is 0 Å². The summed E-state index contributed by atoms with van der Waals surface area (Å²) in [4.78, 5) is 33.4. The minimum Gasteiger partial charge on any atom is -0.368 e. The Morgan fingerprint density at radius 3 is 2.80 bits per heavy atom. The molecule has 0 radical (unpaired) electrons. The molecule has 2 N–H and O–H groups in total. The highest BCUT2D eigenvalue weighted by molar-refractivity contribution is 5.96. The van der Waals surface area contributed by atoms with Crippen LogP contribution in [0, 0.1) is 10.1 Å². The van der Waals surface area contributed by atoms with Gasteiger partial charge in [0.15, 0.2) is 0 Å². The van der Waals surface area contributed by atoms with E-state index in [9.17, 15) is 19.7 Å². The van der Waals surface area contributed by atoms with Gasteiger partial charge in [0.25, 0.3) is 17.5 Å². The van der Waals surface area contributed by atoms with Crippen LogP contribution in [0.3, 0.4) is 0 Å². The van der Waals surface area contributed by atoms with Gasteiger partial charge in [-0.1, -0.05) is 6.07 Å². The Morgan fingerprint density at radius 1 is 1.35 bits per heavy atom. The summed E-state index contributed by atoms with van der Waals surface area (Å²) in [7, 11) is 0. The number of nitro benzene ring substituents is 1. The third-order valence-electron chi connectivity index (χ3n) is 2.84. The average molecular weight is 279 g/mol. The van der Waals surface area contributed by atoms with Gasteiger partial charge in [-0.2, -0.15) is 0 Å². The smallest absolute Gasteiger partial charge is 0.270 e. The summed E-state index contributed by atoms with van der Waals surface area (Å²) >= 11 is 0. The van der Waals surface area contributed by atoms with Crippen molar-refractivity contribution >= 4 is 17.5 Å². The van der Waals surface area contributed by atoms with Gasteiger partial charge in [-0.05, 0) is 18.9 Å². The number of nitrogens with one attached hydrogen (secondary N) is 2. The summed E-state index contributed by atoms with van der Waals surface area (Å²) in [6.07, 6.45) is 0.857. The topological polar surface area (TPSA) is 111 Å². The zero-order valence-electron chi connectivity index (χ0n) is 10.5. The van der Waals surface area contributed by atoms with Crippen molar-refractivity contribution in [1.82, 2.24) is 10.9 Å². The molecule has 8 nitrogen and oxygen atoms in total. The fourth-order valence-electron chi connectivity index (χ4n) is 1.82. The van der Waals surface area contributed by atoms with E-state index in [1.807, 2.05) is 0 Å². The number of nitro groups is 1. The Hall–Kier alpha value is -2.48. The molecule has 8 heteroatoms. The largest absolute Gasteiger partial charge is 0.368 e. The summed E-state index contributed by atoms with van der Waals surface area (Å²) < 4.78 is 5.15. The standard InChI is InChI=1S/C12H13N3O5/c16-11(8-3-1-4-9(7-8)15(18)19)13-14-12(17)10-5-2-6-20-10/h1,3-4,7,10H,2,5-6H2,(H,13,16)(H,14,17). The molecular weight excluding hydrogens is 266 g/mol. The zero-order valence-corrected chi connectivity index (χ0v) is 10.5. The lowest BCUT2D eigenvalue weighted by atomic mass is 10.2. The van der Waals surface area contributed by atoms with Crippen molar-refractivity contribution in [2.45, 2.75) is 18.9 Å². The molecule has 1 unspecified atom stereocenters. The summed E-state index contributed by atoms with van der Waals surface area (Å²) in [5, 5.41) is 10.6. The van der Waals surface area contributed by atoms with Gasteiger partial charge in [-0.15, -0.1) is 0 Å². The Labute approximate surface area is 114 Å². The molecule has 0 bridgehead atoms. The van der Waals surface area contributed by atoms with Gasteiger partial charge in [0.2, 0.25) is 0 Å². The number of non-ortho nitro benzene ring substituents is 1. The third-order valence-corrected chi connectivity index (χ3v) is 2.84. The van der Waals surface area contributed by atoms with Gasteiger partial charge in [-0.3, -0.25) is 30.6 Å². The molecule has 1 saturated heterocycles. The fourth-order valence-corrected chi connectivity index (χ4v) is 1.82. The van der Waals surface area contributed by atoms with Crippen LogP contribution in [-0.4, -0.2) is 29.4 Å². The molecule has 1 atom stereocenters. The number of carbonyl (C=O) groups is 2. The van der Waals surface area contributed by atoms with Gasteiger partial charge >= 0.3 is 0 Å². The first kappa shape index (κ1) is 13.9. The minimum atomic E-state index is -0.625. The van der Waals surface area contributed by atoms with Crippen LogP contribution in [0.1, 0.15) is 23.2 Å². The second-order valence-corrected chi connectivity index (χ2v) is 4.25. The van der Waals surface area contributed by atoms with E-state index in [1.165, 1.54) is 18.2 Å². The first-order chi connectivity index (χ1) is 9.58. The number of rotatable bonds is 3. The van der Waals surface area contributed by atoms with Gasteiger partial charge < -0.3 is 4.74 Å². The minimum absolute atomic E-state index is 0.0897. The Balaban J connectivity index is 1.92. The second-order valence-electron chi connectivity index (χ2n) is 4.25. The molecule has 2 rings (SSSR count). The number of benzene rings is 1. The molecule has 0 saturated carbocycles. The van der Waals surface area contributed by atoms with Gasteiger partial charge in [0.1, 0.15) is 6.10 Å². The highest BCUT2D eigenvalue weighted by atomic mass is 16.6. The monoisotopic (exact) mass is 279 g/mol. The van der Waals surface area contributed by atoms with E-state index in [-0.39, 0.29) is 11.3 Å². The number of amides is 2. The van der Waals surface area contributed by atoms with Crippen LogP contribution in [0.2, 0.25) is 0 Å². The zero-order chi connectivity index (χ0) is 14.5. The lowest BCUT2D eigenvalue weighted by Crippen LogP contribution is -2.46. The molecule has 2 amide bonds. The van der Waals surface area contributed by atoms with Gasteiger partial charge in [0, 0.05) is 24.3 Å². The van der Waals surface area contributed by atoms with Crippen molar-refractivity contribution in [1.29, 1.82) is 0 Å². The number of nitrogens with zero attached hydrogens (tertiary/aromatic N) is 1. The number of hydrogen-bond donors (Lipinski definition) is 2. The molecule has 20 heavy (non-hydrogen) atoms. The van der Waals surface area contributed by atoms with Crippen LogP contribution < -0.4 is 10.9 Å². The average Bonchev–Trinajstić information content (AvgIpc) is 2.98. The van der Waals surface area contributed by atoms with Crippen molar-refractivity contribution in [3.63, 3.8) is 0 Å². The molecule has 1 aromatic rings. The predicted octanol–water partition coefficient (Wildman–Crippen LogP) is 0.535. The Kier molecular flexibility index (Phi) is 4.26. The highest BCUT2D eigenvalue weighted by Gasteiger charge is 2.24. The van der Waals surface area contributed by atoms with E-state index >= 15 is 0 Å². The van der Waals surface area contributed by atoms with E-state index in [4.69, 9.17) is 4.74 Å². The van der Waals surface area contributed by atoms with Crippen LogP contribution in [-0.2, 0) is 9.53 Å². The maximum Gasteiger partial charge on any atom is 0.270 e. The number of ether oxygens (including phenoxy) is 1. The Morgan fingerprint density at radius 2 is 2.15 bits per heavy atom. The molecule has 106 valence electrons. The molecular formula is C12H13N3O5. The first-order valence-corrected chi connectivity index (χ1v) is 6.04. The SMILES string of the molecule is O=C(NNC(=O)C1CCCO1)c1cccc([N+](=O)[O-])c1. The summed E-state index contributed by atoms with van der Waals surface area (Å²) in [5.74, 6) is -1.05. The normalized spacial score (nSPS) is 17.5. The molecule has 1 aromatic carbocycles. The lowest BCUT2D eigenvalue weighted by Gasteiger charge is -2.11. The van der Waals surface area contributed by atoms with Gasteiger partial charge in [0.05, 0.1) is 4.92 Å². The second kappa shape index (κ2) is 6.11. The van der Waals surface area contributed by atoms with Crippen molar-refractivity contribution < 1.29 is 19.2 Å². The molecule has 1 aliphatic heterocycles. The molecule has 0 aromatic heterocycles. The van der Waals surface area contributed by atoms with Crippen molar-refractivity contribution in [3.8, 4) is 0 Å². The first-order valence-electron chi connectivity index (χ1n) is 6.04. The maximum absolute atomic E-state index is 11.7. The lowest BCUT2D eigenvalue weighted by molar-refractivity contribution is -0.384. The van der Waals surface area contributed by atoms with Crippen LogP contribution >= 0.6 is 0 Å². The van der Waals surface area contributed by atoms with E-state index in [0.717, 1.165) is 12.5 Å². The van der Waals surface area contributed by atoms with E-state index in [0.29, 0.717) is 13.0 Å². The van der Waals surface area contributed by atoms with E-state index < -0.39 is 22.8 Å². The van der Waals surface area contributed by atoms with Crippen molar-refractivity contribution in [2.24, 2.45) is 0 Å². The van der Waals surface area contributed by atoms with Crippen LogP contribution in [0.15, 0.2) is 24.3 Å². The molecule has 1 aliphatic rings. The number of hydrazine groups is 1. The van der Waals surface area contributed by atoms with E-state index in [2.05, 4.69) is 10.9 Å². The highest BCUT2D eigenvalue weighted by Crippen LogP contribution is 2.13. The fraction of sp³-hybridized carbons (Fsp3) is 0.333. The summed E-state index contributed by atoms with van der Waals surface area (Å²) in [6, 6.07) is 5.23. The summed E-state index contributed by atoms with van der Waals surface area (Å²) in [6.45, 7) is 0.525. The van der Waals surface area contributed by atoms with Crippen molar-refractivity contribution in [3.05, 3.63) is 39.9 Å². The van der Waals surface area contributed by atoms with Crippen molar-refractivity contribution in [2.75, 3.05) is 6.61 Å². The van der Waals surface area contributed by atoms with E-state index in [1.54, 1.807) is 0 Å². The molecule has 1 heterocycles. The molecule has 1 fully saturated rings. The van der Waals surface area contributed by atoms with Crippen LogP contribution in [0.5, 0.6) is 0 Å². The predicted molar refractivity (Wildman–Crippen MR) is 67.7 cm³/mol. The van der Waals surface area contributed by atoms with Crippen LogP contribution in [0.4, 0.5) is 5.69 Å². The number of carbonyl (C=O) groups excluding carboxylic acids is 2. The van der Waals surface area contributed by atoms with Gasteiger partial charge in [-0.25, -0.2) is 0 Å². The quantitative estimate of drug-likeness (QED) is 0.619. The molecule has 0 aliphatic carbocycles. The maximum atomic E-state index is 11.7. The molecule has 0 spiro atoms. The summed E-state index contributed by atoms with van der Waals surface area (Å²) in [5.41, 5.74) is 4.34. The Bertz CT molecular complexity index is 540.